The van der Waals surface area contributed by atoms with Gasteiger partial charge in [0.25, 0.3) is 5.91 Å². The van der Waals surface area contributed by atoms with E-state index in [9.17, 15) is 4.79 Å². The van der Waals surface area contributed by atoms with Gasteiger partial charge in [-0.2, -0.15) is 0 Å². The van der Waals surface area contributed by atoms with Gasteiger partial charge in [-0.25, -0.2) is 0 Å². The minimum Gasteiger partial charge on any atom is -0.481 e. The average molecular weight is 301 g/mol. The molecule has 2 aliphatic carbocycles. The maximum absolute atomic E-state index is 12.4. The zero-order valence-corrected chi connectivity index (χ0v) is 13.8. The van der Waals surface area contributed by atoms with Crippen molar-refractivity contribution in [2.24, 2.45) is 17.8 Å². The molecule has 1 amide bonds. The third-order valence-electron chi connectivity index (χ3n) is 5.48. The summed E-state index contributed by atoms with van der Waals surface area (Å²) in [6.07, 6.45) is 4.96. The fourth-order valence-corrected chi connectivity index (χ4v) is 4.30. The van der Waals surface area contributed by atoms with Crippen LogP contribution < -0.4 is 10.1 Å². The van der Waals surface area contributed by atoms with Crippen molar-refractivity contribution in [2.45, 2.75) is 58.6 Å². The Kier molecular flexibility index (Phi) is 4.42. The van der Waals surface area contributed by atoms with Gasteiger partial charge in [-0.1, -0.05) is 18.6 Å². The number of nitrogens with one attached hydrogen (secondary N) is 1. The van der Waals surface area contributed by atoms with Crippen LogP contribution >= 0.6 is 0 Å². The SMILES string of the molecule is Cc1cccc(O[C@H](C)C(=O)N[C@H](C)[C@H]2C[C@H]3CC[C@H]2C3)c1. The first-order valence-corrected chi connectivity index (χ1v) is 8.56. The Morgan fingerprint density at radius 2 is 2.09 bits per heavy atom. The molecule has 2 fully saturated rings. The van der Waals surface area contributed by atoms with Crippen LogP contribution in [0.15, 0.2) is 24.3 Å². The van der Waals surface area contributed by atoms with Crippen molar-refractivity contribution in [2.75, 3.05) is 0 Å². The largest absolute Gasteiger partial charge is 0.481 e. The third kappa shape index (κ3) is 3.29. The van der Waals surface area contributed by atoms with Gasteiger partial charge in [-0.3, -0.25) is 4.79 Å². The summed E-state index contributed by atoms with van der Waals surface area (Å²) in [6, 6.07) is 8.09. The van der Waals surface area contributed by atoms with Crippen molar-refractivity contribution < 1.29 is 9.53 Å². The van der Waals surface area contributed by atoms with E-state index in [1.807, 2.05) is 38.1 Å². The molecular formula is C19H27NO2. The number of fused-ring (bicyclic) bond motifs is 2. The van der Waals surface area contributed by atoms with Crippen molar-refractivity contribution in [1.29, 1.82) is 0 Å². The number of carbonyl (C=O) groups excluding carboxylic acids is 1. The monoisotopic (exact) mass is 301 g/mol. The fourth-order valence-electron chi connectivity index (χ4n) is 4.30. The van der Waals surface area contributed by atoms with E-state index in [-0.39, 0.29) is 11.9 Å². The lowest BCUT2D eigenvalue weighted by molar-refractivity contribution is -0.128. The topological polar surface area (TPSA) is 38.3 Å². The molecule has 5 atom stereocenters. The maximum Gasteiger partial charge on any atom is 0.260 e. The molecule has 3 nitrogen and oxygen atoms in total. The van der Waals surface area contributed by atoms with Gasteiger partial charge in [0, 0.05) is 6.04 Å². The molecule has 3 heteroatoms. The number of ether oxygens (including phenoxy) is 1. The predicted octanol–water partition coefficient (Wildman–Crippen LogP) is 3.70. The molecular weight excluding hydrogens is 274 g/mol. The molecule has 1 aromatic rings. The summed E-state index contributed by atoms with van der Waals surface area (Å²) in [4.78, 5) is 12.4. The second kappa shape index (κ2) is 6.31. The van der Waals surface area contributed by atoms with E-state index in [4.69, 9.17) is 4.74 Å². The fraction of sp³-hybridized carbons (Fsp3) is 0.632. The molecule has 0 aromatic heterocycles. The van der Waals surface area contributed by atoms with Crippen molar-refractivity contribution in [1.82, 2.24) is 5.32 Å². The molecule has 0 spiro atoms. The molecule has 0 saturated heterocycles. The number of hydrogen-bond donors (Lipinski definition) is 1. The molecule has 0 aliphatic heterocycles. The lowest BCUT2D eigenvalue weighted by Gasteiger charge is -2.29. The van der Waals surface area contributed by atoms with E-state index in [0.717, 1.165) is 23.1 Å². The van der Waals surface area contributed by atoms with Crippen LogP contribution in [-0.2, 0) is 4.79 Å². The first-order chi connectivity index (χ1) is 10.5. The Balaban J connectivity index is 1.52. The minimum atomic E-state index is -0.456. The second-order valence-corrected chi connectivity index (χ2v) is 7.21. The number of benzene rings is 1. The predicted molar refractivity (Wildman–Crippen MR) is 87.8 cm³/mol. The van der Waals surface area contributed by atoms with E-state index >= 15 is 0 Å². The number of aryl methyl sites for hydroxylation is 1. The quantitative estimate of drug-likeness (QED) is 0.900. The van der Waals surface area contributed by atoms with E-state index in [1.54, 1.807) is 0 Å². The Morgan fingerprint density at radius 1 is 1.27 bits per heavy atom. The zero-order chi connectivity index (χ0) is 15.7. The van der Waals surface area contributed by atoms with Crippen LogP contribution in [0, 0.1) is 24.7 Å². The van der Waals surface area contributed by atoms with E-state index in [1.165, 1.54) is 25.7 Å². The Hall–Kier alpha value is -1.51. The van der Waals surface area contributed by atoms with Crippen molar-refractivity contribution in [3.63, 3.8) is 0 Å². The van der Waals surface area contributed by atoms with E-state index < -0.39 is 6.10 Å². The van der Waals surface area contributed by atoms with Crippen molar-refractivity contribution in [3.05, 3.63) is 29.8 Å². The first-order valence-electron chi connectivity index (χ1n) is 8.56. The first kappa shape index (κ1) is 15.4. The smallest absolute Gasteiger partial charge is 0.260 e. The van der Waals surface area contributed by atoms with E-state index in [0.29, 0.717) is 5.92 Å². The lowest BCUT2D eigenvalue weighted by Crippen LogP contribution is -2.45. The van der Waals surface area contributed by atoms with Crippen molar-refractivity contribution in [3.8, 4) is 5.75 Å². The Morgan fingerprint density at radius 3 is 2.73 bits per heavy atom. The summed E-state index contributed by atoms with van der Waals surface area (Å²) in [5.74, 6) is 3.16. The molecule has 0 unspecified atom stereocenters. The van der Waals surface area contributed by atoms with Crippen molar-refractivity contribution >= 4 is 5.91 Å². The summed E-state index contributed by atoms with van der Waals surface area (Å²) in [5.41, 5.74) is 1.14. The summed E-state index contributed by atoms with van der Waals surface area (Å²) in [7, 11) is 0. The van der Waals surface area contributed by atoms with Gasteiger partial charge in [0.2, 0.25) is 0 Å². The average Bonchev–Trinajstić information content (AvgIpc) is 3.09. The molecule has 1 aromatic carbocycles. The molecule has 2 aliphatic rings. The summed E-state index contributed by atoms with van der Waals surface area (Å²) in [6.45, 7) is 6.00. The van der Waals surface area contributed by atoms with Gasteiger partial charge in [0.05, 0.1) is 0 Å². The molecule has 22 heavy (non-hydrogen) atoms. The molecule has 0 radical (unpaired) electrons. The normalized spacial score (nSPS) is 29.1. The standard InChI is InChI=1S/C19H27NO2/c1-12-5-4-6-17(9-12)22-14(3)19(21)20-13(2)18-11-15-7-8-16(18)10-15/h4-6,9,13-16,18H,7-8,10-11H2,1-3H3,(H,20,21)/t13-,14-,15+,16+,18-/m1/s1. The van der Waals surface area contributed by atoms with Crippen LogP contribution in [0.25, 0.3) is 0 Å². The van der Waals surface area contributed by atoms with Crippen LogP contribution in [0.3, 0.4) is 0 Å². The van der Waals surface area contributed by atoms with Gasteiger partial charge in [-0.05, 0) is 75.5 Å². The number of amides is 1. The van der Waals surface area contributed by atoms with Crippen LogP contribution in [0.2, 0.25) is 0 Å². The molecule has 120 valence electrons. The Labute approximate surface area is 133 Å². The second-order valence-electron chi connectivity index (χ2n) is 7.21. The van der Waals surface area contributed by atoms with Gasteiger partial charge >= 0.3 is 0 Å². The number of carbonyl (C=O) groups is 1. The highest BCUT2D eigenvalue weighted by Crippen LogP contribution is 2.49. The molecule has 1 N–H and O–H groups in total. The number of hydrogen-bond acceptors (Lipinski definition) is 2. The zero-order valence-electron chi connectivity index (χ0n) is 13.8. The van der Waals surface area contributed by atoms with Gasteiger partial charge in [0.1, 0.15) is 5.75 Å². The third-order valence-corrected chi connectivity index (χ3v) is 5.48. The Bertz CT molecular complexity index is 542. The molecule has 2 bridgehead atoms. The van der Waals surface area contributed by atoms with Gasteiger partial charge in [0.15, 0.2) is 6.10 Å². The highest BCUT2D eigenvalue weighted by Gasteiger charge is 2.42. The number of rotatable bonds is 5. The highest BCUT2D eigenvalue weighted by atomic mass is 16.5. The maximum atomic E-state index is 12.4. The minimum absolute atomic E-state index is 0.00298. The molecule has 2 saturated carbocycles. The van der Waals surface area contributed by atoms with Crippen LogP contribution in [-0.4, -0.2) is 18.1 Å². The van der Waals surface area contributed by atoms with Crippen LogP contribution in [0.5, 0.6) is 5.75 Å². The van der Waals surface area contributed by atoms with Crippen LogP contribution in [0.4, 0.5) is 0 Å². The summed E-state index contributed by atoms with van der Waals surface area (Å²) < 4.78 is 5.77. The van der Waals surface area contributed by atoms with Gasteiger partial charge in [-0.15, -0.1) is 0 Å². The van der Waals surface area contributed by atoms with Gasteiger partial charge < -0.3 is 10.1 Å². The highest BCUT2D eigenvalue weighted by molar-refractivity contribution is 5.81. The molecule has 3 rings (SSSR count). The summed E-state index contributed by atoms with van der Waals surface area (Å²) >= 11 is 0. The summed E-state index contributed by atoms with van der Waals surface area (Å²) in [5, 5.41) is 3.18. The van der Waals surface area contributed by atoms with Crippen LogP contribution in [0.1, 0.15) is 45.1 Å². The molecule has 0 heterocycles. The van der Waals surface area contributed by atoms with E-state index in [2.05, 4.69) is 12.2 Å². The lowest BCUT2D eigenvalue weighted by atomic mass is 9.84.